The van der Waals surface area contributed by atoms with Crippen molar-refractivity contribution in [2.75, 3.05) is 0 Å². The Morgan fingerprint density at radius 2 is 2.16 bits per heavy atom. The molecular formula is C13H18N2O4. The molecule has 0 unspecified atom stereocenters. The molecule has 1 rings (SSSR count). The fraction of sp³-hybridized carbons (Fsp3) is 0.462. The van der Waals surface area contributed by atoms with E-state index >= 15 is 0 Å². The average molecular weight is 266 g/mol. The van der Waals surface area contributed by atoms with Gasteiger partial charge in [-0.1, -0.05) is 6.07 Å². The van der Waals surface area contributed by atoms with Crippen molar-refractivity contribution in [1.82, 2.24) is 10.3 Å². The smallest absolute Gasteiger partial charge is 0.303 e. The lowest BCUT2D eigenvalue weighted by Gasteiger charge is -2.13. The number of carboxylic acid groups (broad SMARTS) is 1. The molecule has 1 aromatic heterocycles. The summed E-state index contributed by atoms with van der Waals surface area (Å²) in [5.41, 5.74) is 0.764. The summed E-state index contributed by atoms with van der Waals surface area (Å²) in [6.45, 7) is 4.06. The molecule has 0 aliphatic rings. The summed E-state index contributed by atoms with van der Waals surface area (Å²) in [7, 11) is 0. The Kier molecular flexibility index (Phi) is 5.78. The van der Waals surface area contributed by atoms with Crippen molar-refractivity contribution in [1.29, 1.82) is 0 Å². The zero-order valence-corrected chi connectivity index (χ0v) is 11.0. The van der Waals surface area contributed by atoms with E-state index in [1.165, 1.54) is 0 Å². The highest BCUT2D eigenvalue weighted by Gasteiger charge is 2.09. The minimum atomic E-state index is -0.986. The molecule has 0 atom stereocenters. The Bertz CT molecular complexity index is 446. The van der Waals surface area contributed by atoms with E-state index in [-0.39, 0.29) is 31.4 Å². The lowest BCUT2D eigenvalue weighted by molar-refractivity contribution is -0.138. The number of carbonyl (C=O) groups excluding carboxylic acids is 1. The number of aliphatic carboxylic acids is 1. The first-order chi connectivity index (χ1) is 8.99. The van der Waals surface area contributed by atoms with Gasteiger partial charge in [0.15, 0.2) is 0 Å². The number of rotatable bonds is 7. The molecule has 2 N–H and O–H groups in total. The first kappa shape index (κ1) is 14.9. The molecule has 0 saturated carbocycles. The molecule has 0 aromatic carbocycles. The predicted octanol–water partition coefficient (Wildman–Crippen LogP) is 1.35. The minimum Gasteiger partial charge on any atom is -0.481 e. The van der Waals surface area contributed by atoms with Gasteiger partial charge < -0.3 is 15.2 Å². The lowest BCUT2D eigenvalue weighted by Crippen LogP contribution is -2.24. The van der Waals surface area contributed by atoms with Crippen LogP contribution in [0.5, 0.6) is 5.88 Å². The monoisotopic (exact) mass is 266 g/mol. The van der Waals surface area contributed by atoms with Gasteiger partial charge >= 0.3 is 5.97 Å². The van der Waals surface area contributed by atoms with Gasteiger partial charge in [-0.3, -0.25) is 9.59 Å². The number of carboxylic acids is 1. The molecule has 1 heterocycles. The maximum Gasteiger partial charge on any atom is 0.303 e. The average Bonchev–Trinajstić information content (AvgIpc) is 2.34. The summed E-state index contributed by atoms with van der Waals surface area (Å²) >= 11 is 0. The summed E-state index contributed by atoms with van der Waals surface area (Å²) < 4.78 is 5.52. The van der Waals surface area contributed by atoms with E-state index in [2.05, 4.69) is 10.3 Å². The molecule has 6 heteroatoms. The number of carbonyl (C=O) groups is 2. The van der Waals surface area contributed by atoms with Gasteiger partial charge in [0.25, 0.3) is 0 Å². The first-order valence-corrected chi connectivity index (χ1v) is 6.08. The summed E-state index contributed by atoms with van der Waals surface area (Å²) in [6, 6.07) is 3.56. The van der Waals surface area contributed by atoms with E-state index < -0.39 is 5.97 Å². The van der Waals surface area contributed by atoms with Crippen LogP contribution in [0.1, 0.15) is 32.3 Å². The number of nitrogens with one attached hydrogen (secondary N) is 1. The lowest BCUT2D eigenvalue weighted by atomic mass is 10.2. The summed E-state index contributed by atoms with van der Waals surface area (Å²) in [4.78, 5) is 25.9. The van der Waals surface area contributed by atoms with Crippen molar-refractivity contribution in [3.8, 4) is 5.88 Å². The highest BCUT2D eigenvalue weighted by Crippen LogP contribution is 2.15. The van der Waals surface area contributed by atoms with E-state index in [4.69, 9.17) is 9.84 Å². The fourth-order valence-electron chi connectivity index (χ4n) is 1.39. The number of ether oxygens (including phenoxy) is 1. The van der Waals surface area contributed by atoms with Crippen LogP contribution in [0, 0.1) is 0 Å². The largest absolute Gasteiger partial charge is 0.481 e. The molecule has 0 aliphatic heterocycles. The Morgan fingerprint density at radius 1 is 1.42 bits per heavy atom. The second-order valence-electron chi connectivity index (χ2n) is 4.30. The van der Waals surface area contributed by atoms with Crippen LogP contribution in [0.25, 0.3) is 0 Å². The second-order valence-corrected chi connectivity index (χ2v) is 4.30. The summed E-state index contributed by atoms with van der Waals surface area (Å²) in [5, 5.41) is 11.1. The van der Waals surface area contributed by atoms with Gasteiger partial charge in [0.2, 0.25) is 11.8 Å². The van der Waals surface area contributed by atoms with E-state index in [9.17, 15) is 9.59 Å². The van der Waals surface area contributed by atoms with Crippen molar-refractivity contribution in [3.63, 3.8) is 0 Å². The molecule has 0 radical (unpaired) electrons. The predicted molar refractivity (Wildman–Crippen MR) is 68.7 cm³/mol. The maximum absolute atomic E-state index is 11.4. The number of amides is 1. The van der Waals surface area contributed by atoms with Crippen molar-refractivity contribution in [3.05, 3.63) is 23.9 Å². The molecule has 1 aromatic rings. The topological polar surface area (TPSA) is 88.5 Å². The Morgan fingerprint density at radius 3 is 2.79 bits per heavy atom. The minimum absolute atomic E-state index is 0.00337. The van der Waals surface area contributed by atoms with Gasteiger partial charge in [-0.15, -0.1) is 0 Å². The van der Waals surface area contributed by atoms with E-state index in [0.29, 0.717) is 5.88 Å². The summed E-state index contributed by atoms with van der Waals surface area (Å²) in [5.74, 6) is -0.807. The normalized spacial score (nSPS) is 10.3. The Labute approximate surface area is 111 Å². The molecule has 104 valence electrons. The zero-order valence-electron chi connectivity index (χ0n) is 11.0. The van der Waals surface area contributed by atoms with Crippen LogP contribution >= 0.6 is 0 Å². The third-order valence-electron chi connectivity index (χ3n) is 2.24. The number of hydrogen-bond acceptors (Lipinski definition) is 4. The van der Waals surface area contributed by atoms with Gasteiger partial charge in [-0.05, 0) is 19.9 Å². The number of aromatic nitrogens is 1. The molecule has 0 saturated heterocycles. The molecule has 1 amide bonds. The SMILES string of the molecule is CC(C)Oc1ncccc1CNC(=O)CCC(=O)O. The van der Waals surface area contributed by atoms with Gasteiger partial charge in [0, 0.05) is 24.7 Å². The standard InChI is InChI=1S/C13H18N2O4/c1-9(2)19-13-10(4-3-7-14-13)8-15-11(16)5-6-12(17)18/h3-4,7,9H,5-6,8H2,1-2H3,(H,15,16)(H,17,18). The molecular weight excluding hydrogens is 248 g/mol. The van der Waals surface area contributed by atoms with Crippen LogP contribution in [0.4, 0.5) is 0 Å². The third kappa shape index (κ3) is 5.85. The molecule has 0 bridgehead atoms. The third-order valence-corrected chi connectivity index (χ3v) is 2.24. The molecule has 0 spiro atoms. The first-order valence-electron chi connectivity index (χ1n) is 6.08. The molecule has 19 heavy (non-hydrogen) atoms. The molecule has 6 nitrogen and oxygen atoms in total. The zero-order chi connectivity index (χ0) is 14.3. The Hall–Kier alpha value is -2.11. The highest BCUT2D eigenvalue weighted by atomic mass is 16.5. The van der Waals surface area contributed by atoms with Gasteiger partial charge in [-0.2, -0.15) is 0 Å². The Balaban J connectivity index is 2.52. The van der Waals surface area contributed by atoms with Crippen LogP contribution in [0.3, 0.4) is 0 Å². The van der Waals surface area contributed by atoms with E-state index in [1.807, 2.05) is 19.9 Å². The van der Waals surface area contributed by atoms with E-state index in [0.717, 1.165) is 5.56 Å². The molecule has 0 aliphatic carbocycles. The molecule has 0 fully saturated rings. The van der Waals surface area contributed by atoms with Crippen molar-refractivity contribution >= 4 is 11.9 Å². The van der Waals surface area contributed by atoms with Gasteiger partial charge in [-0.25, -0.2) is 4.98 Å². The van der Waals surface area contributed by atoms with Crippen LogP contribution in [-0.4, -0.2) is 28.1 Å². The van der Waals surface area contributed by atoms with Crippen LogP contribution in [0.15, 0.2) is 18.3 Å². The number of hydrogen-bond donors (Lipinski definition) is 2. The summed E-state index contributed by atoms with van der Waals surface area (Å²) in [6.07, 6.45) is 1.41. The van der Waals surface area contributed by atoms with E-state index in [1.54, 1.807) is 12.3 Å². The van der Waals surface area contributed by atoms with Crippen LogP contribution < -0.4 is 10.1 Å². The number of nitrogens with zero attached hydrogens (tertiary/aromatic N) is 1. The van der Waals surface area contributed by atoms with Crippen molar-refractivity contribution in [2.24, 2.45) is 0 Å². The van der Waals surface area contributed by atoms with Gasteiger partial charge in [0.05, 0.1) is 12.5 Å². The van der Waals surface area contributed by atoms with Crippen LogP contribution in [-0.2, 0) is 16.1 Å². The van der Waals surface area contributed by atoms with Crippen molar-refractivity contribution in [2.45, 2.75) is 39.3 Å². The maximum atomic E-state index is 11.4. The fourth-order valence-corrected chi connectivity index (χ4v) is 1.39. The number of pyridine rings is 1. The quantitative estimate of drug-likeness (QED) is 0.777. The highest BCUT2D eigenvalue weighted by molar-refractivity contribution is 5.80. The van der Waals surface area contributed by atoms with Gasteiger partial charge in [0.1, 0.15) is 0 Å². The van der Waals surface area contributed by atoms with Crippen molar-refractivity contribution < 1.29 is 19.4 Å². The second kappa shape index (κ2) is 7.35. The van der Waals surface area contributed by atoms with Crippen LogP contribution in [0.2, 0.25) is 0 Å².